The molecule has 4 aromatic rings. The van der Waals surface area contributed by atoms with Gasteiger partial charge in [-0.25, -0.2) is 15.0 Å². The van der Waals surface area contributed by atoms with Crippen LogP contribution in [0.15, 0.2) is 72.0 Å². The molecule has 0 unspecified atom stereocenters. The van der Waals surface area contributed by atoms with Crippen LogP contribution in [0.2, 0.25) is 0 Å². The first-order chi connectivity index (χ1) is 12.8. The zero-order valence-electron chi connectivity index (χ0n) is 13.6. The van der Waals surface area contributed by atoms with E-state index in [9.17, 15) is 4.79 Å². The van der Waals surface area contributed by atoms with Crippen molar-refractivity contribution in [2.45, 2.75) is 5.03 Å². The van der Waals surface area contributed by atoms with Crippen molar-refractivity contribution in [1.82, 2.24) is 15.0 Å². The average molecular weight is 378 g/mol. The van der Waals surface area contributed by atoms with Gasteiger partial charge in [-0.15, -0.1) is 0 Å². The number of amides is 1. The molecular formula is C19H14N4OS2. The van der Waals surface area contributed by atoms with Gasteiger partial charge in [0.15, 0.2) is 5.13 Å². The Kier molecular flexibility index (Phi) is 4.90. The van der Waals surface area contributed by atoms with E-state index >= 15 is 0 Å². The number of rotatable bonds is 5. The molecule has 0 aliphatic rings. The number of nitrogens with one attached hydrogen (secondary N) is 1. The van der Waals surface area contributed by atoms with Gasteiger partial charge in [-0.3, -0.25) is 4.79 Å². The van der Waals surface area contributed by atoms with Crippen molar-refractivity contribution in [1.29, 1.82) is 0 Å². The lowest BCUT2D eigenvalue weighted by Crippen LogP contribution is -2.13. The number of aromatic nitrogens is 3. The van der Waals surface area contributed by atoms with Crippen LogP contribution in [-0.2, 0) is 4.79 Å². The van der Waals surface area contributed by atoms with Gasteiger partial charge in [-0.05, 0) is 18.2 Å². The number of fused-ring (bicyclic) bond motifs is 1. The maximum atomic E-state index is 12.2. The van der Waals surface area contributed by atoms with Crippen molar-refractivity contribution in [3.05, 3.63) is 67.0 Å². The van der Waals surface area contributed by atoms with E-state index in [-0.39, 0.29) is 11.7 Å². The molecule has 1 N–H and O–H groups in total. The molecule has 0 aliphatic heterocycles. The molecular weight excluding hydrogens is 364 g/mol. The Morgan fingerprint density at radius 1 is 1.04 bits per heavy atom. The van der Waals surface area contributed by atoms with Crippen LogP contribution in [0.4, 0.5) is 5.13 Å². The van der Waals surface area contributed by atoms with Crippen LogP contribution in [0.3, 0.4) is 0 Å². The SMILES string of the molecule is O=C(CSc1cc(-c2ccccc2)ncn1)Nc1nc2ccccc2s1. The standard InChI is InChI=1S/C19H14N4OS2/c24-17(23-19-22-14-8-4-5-9-16(14)26-19)11-25-18-10-15(20-12-21-18)13-6-2-1-3-7-13/h1-10,12H,11H2,(H,22,23,24). The lowest BCUT2D eigenvalue weighted by molar-refractivity contribution is -0.113. The van der Waals surface area contributed by atoms with Crippen molar-refractivity contribution in [2.75, 3.05) is 11.1 Å². The minimum Gasteiger partial charge on any atom is -0.301 e. The van der Waals surface area contributed by atoms with E-state index in [2.05, 4.69) is 20.3 Å². The Hall–Kier alpha value is -2.77. The minimum atomic E-state index is -0.103. The van der Waals surface area contributed by atoms with Gasteiger partial charge in [0.1, 0.15) is 11.4 Å². The maximum Gasteiger partial charge on any atom is 0.236 e. The molecule has 0 saturated carbocycles. The second-order valence-corrected chi connectivity index (χ2v) is 7.46. The Balaban J connectivity index is 1.40. The predicted octanol–water partition coefficient (Wildman–Crippen LogP) is 4.48. The summed E-state index contributed by atoms with van der Waals surface area (Å²) < 4.78 is 1.05. The first-order valence-electron chi connectivity index (χ1n) is 7.93. The van der Waals surface area contributed by atoms with Gasteiger partial charge in [0, 0.05) is 5.56 Å². The van der Waals surface area contributed by atoms with Crippen LogP contribution >= 0.6 is 23.1 Å². The molecule has 0 radical (unpaired) electrons. The van der Waals surface area contributed by atoms with E-state index in [0.29, 0.717) is 5.13 Å². The van der Waals surface area contributed by atoms with Gasteiger partial charge in [0.05, 0.1) is 21.7 Å². The summed E-state index contributed by atoms with van der Waals surface area (Å²) in [6, 6.07) is 19.6. The van der Waals surface area contributed by atoms with Crippen LogP contribution < -0.4 is 5.32 Å². The molecule has 0 spiro atoms. The lowest BCUT2D eigenvalue weighted by Gasteiger charge is -2.04. The molecule has 128 valence electrons. The number of anilines is 1. The molecule has 26 heavy (non-hydrogen) atoms. The van der Waals surface area contributed by atoms with Crippen molar-refractivity contribution in [3.8, 4) is 11.3 Å². The summed E-state index contributed by atoms with van der Waals surface area (Å²) in [4.78, 5) is 25.2. The average Bonchev–Trinajstić information content (AvgIpc) is 3.09. The molecule has 0 fully saturated rings. The number of thiazole rings is 1. The topological polar surface area (TPSA) is 67.8 Å². The first-order valence-corrected chi connectivity index (χ1v) is 9.74. The minimum absolute atomic E-state index is 0.103. The van der Waals surface area contributed by atoms with E-state index in [1.165, 1.54) is 29.4 Å². The van der Waals surface area contributed by atoms with E-state index in [1.807, 2.05) is 60.7 Å². The first kappa shape index (κ1) is 16.7. The predicted molar refractivity (Wildman–Crippen MR) is 106 cm³/mol. The highest BCUT2D eigenvalue weighted by atomic mass is 32.2. The highest BCUT2D eigenvalue weighted by Crippen LogP contribution is 2.26. The summed E-state index contributed by atoms with van der Waals surface area (Å²) in [6.07, 6.45) is 1.52. The highest BCUT2D eigenvalue weighted by molar-refractivity contribution is 7.99. The quantitative estimate of drug-likeness (QED) is 0.409. The van der Waals surface area contributed by atoms with Gasteiger partial charge in [0.25, 0.3) is 0 Å². The van der Waals surface area contributed by atoms with Crippen LogP contribution in [0.1, 0.15) is 0 Å². The fourth-order valence-electron chi connectivity index (χ4n) is 2.41. The van der Waals surface area contributed by atoms with Crippen molar-refractivity contribution in [3.63, 3.8) is 0 Å². The van der Waals surface area contributed by atoms with Crippen LogP contribution in [0, 0.1) is 0 Å². The maximum absolute atomic E-state index is 12.2. The largest absolute Gasteiger partial charge is 0.301 e. The third-order valence-corrected chi connectivity index (χ3v) is 5.48. The molecule has 2 aromatic carbocycles. The Morgan fingerprint density at radius 3 is 2.69 bits per heavy atom. The van der Waals surface area contributed by atoms with Gasteiger partial charge in [-0.1, -0.05) is 65.6 Å². The fraction of sp³-hybridized carbons (Fsp3) is 0.0526. The van der Waals surface area contributed by atoms with Gasteiger partial charge in [-0.2, -0.15) is 0 Å². The summed E-state index contributed by atoms with van der Waals surface area (Å²) in [7, 11) is 0. The summed E-state index contributed by atoms with van der Waals surface area (Å²) >= 11 is 2.85. The third-order valence-electron chi connectivity index (χ3n) is 3.60. The van der Waals surface area contributed by atoms with Crippen LogP contribution in [0.5, 0.6) is 0 Å². The van der Waals surface area contributed by atoms with E-state index in [1.54, 1.807) is 0 Å². The normalized spacial score (nSPS) is 10.8. The van der Waals surface area contributed by atoms with Gasteiger partial charge < -0.3 is 5.32 Å². The highest BCUT2D eigenvalue weighted by Gasteiger charge is 2.09. The van der Waals surface area contributed by atoms with Crippen molar-refractivity contribution in [2.24, 2.45) is 0 Å². The molecule has 4 rings (SSSR count). The second-order valence-electron chi connectivity index (χ2n) is 5.43. The lowest BCUT2D eigenvalue weighted by atomic mass is 10.1. The van der Waals surface area contributed by atoms with E-state index < -0.39 is 0 Å². The molecule has 0 aliphatic carbocycles. The molecule has 2 heterocycles. The Labute approximate surface area is 158 Å². The molecule has 1 amide bonds. The van der Waals surface area contributed by atoms with Gasteiger partial charge >= 0.3 is 0 Å². The number of thioether (sulfide) groups is 1. The molecule has 0 bridgehead atoms. The summed E-state index contributed by atoms with van der Waals surface area (Å²) in [5, 5.41) is 4.23. The monoisotopic (exact) mass is 378 g/mol. The molecule has 0 atom stereocenters. The fourth-order valence-corrected chi connectivity index (χ4v) is 3.96. The van der Waals surface area contributed by atoms with Crippen molar-refractivity contribution >= 4 is 44.4 Å². The number of hydrogen-bond donors (Lipinski definition) is 1. The summed E-state index contributed by atoms with van der Waals surface area (Å²) in [6.45, 7) is 0. The number of nitrogens with zero attached hydrogens (tertiary/aromatic N) is 3. The molecule has 2 aromatic heterocycles. The van der Waals surface area contributed by atoms with E-state index in [0.717, 1.165) is 26.5 Å². The zero-order chi connectivity index (χ0) is 17.8. The smallest absolute Gasteiger partial charge is 0.236 e. The van der Waals surface area contributed by atoms with Gasteiger partial charge in [0.2, 0.25) is 5.91 Å². The summed E-state index contributed by atoms with van der Waals surface area (Å²) in [5.74, 6) is 0.162. The second kappa shape index (κ2) is 7.63. The zero-order valence-corrected chi connectivity index (χ0v) is 15.3. The Bertz CT molecular complexity index is 1020. The molecule has 0 saturated heterocycles. The number of benzene rings is 2. The van der Waals surface area contributed by atoms with Crippen LogP contribution in [-0.4, -0.2) is 26.6 Å². The molecule has 7 heteroatoms. The number of hydrogen-bond acceptors (Lipinski definition) is 6. The Morgan fingerprint density at radius 2 is 1.85 bits per heavy atom. The number of para-hydroxylation sites is 1. The van der Waals surface area contributed by atoms with Crippen molar-refractivity contribution < 1.29 is 4.79 Å². The molecule has 5 nitrogen and oxygen atoms in total. The van der Waals surface area contributed by atoms with E-state index in [4.69, 9.17) is 0 Å². The van der Waals surface area contributed by atoms with Crippen LogP contribution in [0.25, 0.3) is 21.5 Å². The third kappa shape index (κ3) is 3.89. The number of carbonyl (C=O) groups is 1. The summed E-state index contributed by atoms with van der Waals surface area (Å²) in [5.41, 5.74) is 2.76. The number of carbonyl (C=O) groups excluding carboxylic acids is 1.